The summed E-state index contributed by atoms with van der Waals surface area (Å²) in [6.45, 7) is 1.79. The number of H-pyrrole nitrogens is 1. The van der Waals surface area contributed by atoms with E-state index in [1.165, 1.54) is 0 Å². The Hall–Kier alpha value is -2.24. The van der Waals surface area contributed by atoms with Crippen LogP contribution in [-0.4, -0.2) is 39.2 Å². The molecule has 0 spiro atoms. The van der Waals surface area contributed by atoms with Crippen molar-refractivity contribution >= 4 is 11.0 Å². The first kappa shape index (κ1) is 15.3. The van der Waals surface area contributed by atoms with Gasteiger partial charge in [-0.3, -0.25) is 4.90 Å². The fraction of sp³-hybridized carbons (Fsp3) is 0.316. The van der Waals surface area contributed by atoms with Gasteiger partial charge in [0.1, 0.15) is 11.6 Å². The molecule has 4 nitrogen and oxygen atoms in total. The second kappa shape index (κ2) is 6.34. The molecule has 0 aliphatic carbocycles. The Balaban J connectivity index is 1.59. The number of aliphatic hydroxyl groups is 1. The molecule has 0 radical (unpaired) electrons. The van der Waals surface area contributed by atoms with Crippen LogP contribution in [0.1, 0.15) is 18.4 Å². The van der Waals surface area contributed by atoms with E-state index in [4.69, 9.17) is 0 Å². The molecule has 1 saturated heterocycles. The summed E-state index contributed by atoms with van der Waals surface area (Å²) >= 11 is 0. The van der Waals surface area contributed by atoms with Crippen molar-refractivity contribution in [3.05, 3.63) is 53.8 Å². The average Bonchev–Trinajstić information content (AvgIpc) is 3.20. The minimum absolute atomic E-state index is 0.166. The molecule has 124 valence electrons. The van der Waals surface area contributed by atoms with E-state index >= 15 is 0 Å². The number of aromatic nitrogens is 2. The first-order valence-electron chi connectivity index (χ1n) is 8.33. The van der Waals surface area contributed by atoms with Crippen LogP contribution in [0.4, 0.5) is 4.39 Å². The number of para-hydroxylation sites is 2. The van der Waals surface area contributed by atoms with Gasteiger partial charge >= 0.3 is 0 Å². The predicted octanol–water partition coefficient (Wildman–Crippen LogP) is 3.33. The number of hydrogen-bond donors (Lipinski definition) is 2. The Kier molecular flexibility index (Phi) is 4.04. The quantitative estimate of drug-likeness (QED) is 0.774. The monoisotopic (exact) mass is 325 g/mol. The summed E-state index contributed by atoms with van der Waals surface area (Å²) < 4.78 is 14.6. The van der Waals surface area contributed by atoms with Crippen LogP contribution in [0.3, 0.4) is 0 Å². The zero-order valence-corrected chi connectivity index (χ0v) is 13.4. The first-order valence-corrected chi connectivity index (χ1v) is 8.33. The Morgan fingerprint density at radius 2 is 2.12 bits per heavy atom. The summed E-state index contributed by atoms with van der Waals surface area (Å²) in [4.78, 5) is 9.85. The third-order valence-electron chi connectivity index (χ3n) is 4.77. The van der Waals surface area contributed by atoms with E-state index in [1.807, 2.05) is 30.3 Å². The minimum atomic E-state index is -0.272. The number of aliphatic hydroxyl groups excluding tert-OH is 1. The lowest BCUT2D eigenvalue weighted by atomic mass is 10.1. The van der Waals surface area contributed by atoms with E-state index in [0.717, 1.165) is 36.0 Å². The highest BCUT2D eigenvalue weighted by Crippen LogP contribution is 2.25. The molecule has 0 unspecified atom stereocenters. The largest absolute Gasteiger partial charge is 0.395 e. The lowest BCUT2D eigenvalue weighted by molar-refractivity contribution is 0.153. The van der Waals surface area contributed by atoms with E-state index in [9.17, 15) is 9.50 Å². The maximum absolute atomic E-state index is 14.6. The van der Waals surface area contributed by atoms with Crippen molar-refractivity contribution < 1.29 is 9.50 Å². The lowest BCUT2D eigenvalue weighted by Gasteiger charge is -2.22. The predicted molar refractivity (Wildman–Crippen MR) is 92.0 cm³/mol. The first-order chi connectivity index (χ1) is 11.7. The highest BCUT2D eigenvalue weighted by molar-refractivity contribution is 5.79. The van der Waals surface area contributed by atoms with Gasteiger partial charge in [0, 0.05) is 12.6 Å². The fourth-order valence-corrected chi connectivity index (χ4v) is 3.47. The summed E-state index contributed by atoms with van der Waals surface area (Å²) in [7, 11) is 0. The number of halogens is 1. The van der Waals surface area contributed by atoms with E-state index in [1.54, 1.807) is 12.1 Å². The van der Waals surface area contributed by atoms with Gasteiger partial charge in [0.2, 0.25) is 0 Å². The number of likely N-dealkylation sites (tertiary alicyclic amines) is 1. The van der Waals surface area contributed by atoms with Crippen LogP contribution in [0.25, 0.3) is 22.4 Å². The van der Waals surface area contributed by atoms with E-state index in [-0.39, 0.29) is 18.5 Å². The molecule has 4 rings (SSSR count). The van der Waals surface area contributed by atoms with E-state index in [2.05, 4.69) is 14.9 Å². The number of nitrogens with one attached hydrogen (secondary N) is 1. The Labute approximate surface area is 140 Å². The van der Waals surface area contributed by atoms with E-state index < -0.39 is 0 Å². The summed E-state index contributed by atoms with van der Waals surface area (Å²) in [5.41, 5.74) is 3.14. The number of aromatic amines is 1. The molecule has 2 N–H and O–H groups in total. The van der Waals surface area contributed by atoms with Crippen LogP contribution in [-0.2, 0) is 6.54 Å². The van der Waals surface area contributed by atoms with Crippen molar-refractivity contribution in [3.63, 3.8) is 0 Å². The van der Waals surface area contributed by atoms with Gasteiger partial charge in [0.25, 0.3) is 0 Å². The molecule has 5 heteroatoms. The van der Waals surface area contributed by atoms with Crippen LogP contribution < -0.4 is 0 Å². The molecule has 2 aromatic carbocycles. The van der Waals surface area contributed by atoms with Gasteiger partial charge in [0.15, 0.2) is 0 Å². The summed E-state index contributed by atoms with van der Waals surface area (Å²) in [5, 5.41) is 9.40. The zero-order chi connectivity index (χ0) is 16.5. The molecule has 1 atom stereocenters. The topological polar surface area (TPSA) is 52.1 Å². The van der Waals surface area contributed by atoms with Gasteiger partial charge in [-0.05, 0) is 49.2 Å². The SMILES string of the molecule is OC[C@H]1CCCN1Cc1ccc(-c2nc3ccccc3[nH]2)c(F)c1. The Morgan fingerprint density at radius 3 is 2.92 bits per heavy atom. The van der Waals surface area contributed by atoms with Gasteiger partial charge in [-0.2, -0.15) is 0 Å². The minimum Gasteiger partial charge on any atom is -0.395 e. The number of nitrogens with zero attached hydrogens (tertiary/aromatic N) is 2. The highest BCUT2D eigenvalue weighted by atomic mass is 19.1. The fourth-order valence-electron chi connectivity index (χ4n) is 3.47. The zero-order valence-electron chi connectivity index (χ0n) is 13.4. The smallest absolute Gasteiger partial charge is 0.141 e. The maximum atomic E-state index is 14.6. The van der Waals surface area contributed by atoms with Crippen molar-refractivity contribution in [1.29, 1.82) is 0 Å². The summed E-state index contributed by atoms with van der Waals surface area (Å²) in [5.74, 6) is 0.279. The van der Waals surface area contributed by atoms with Crippen molar-refractivity contribution in [2.75, 3.05) is 13.2 Å². The van der Waals surface area contributed by atoms with Gasteiger partial charge in [0.05, 0.1) is 23.2 Å². The van der Waals surface area contributed by atoms with E-state index in [0.29, 0.717) is 17.9 Å². The summed E-state index contributed by atoms with van der Waals surface area (Å²) in [6.07, 6.45) is 2.10. The van der Waals surface area contributed by atoms with Gasteiger partial charge in [-0.1, -0.05) is 18.2 Å². The molecule has 1 aliphatic rings. The van der Waals surface area contributed by atoms with Crippen LogP contribution in [0.15, 0.2) is 42.5 Å². The lowest BCUT2D eigenvalue weighted by Crippen LogP contribution is -2.31. The molecule has 3 aromatic rings. The summed E-state index contributed by atoms with van der Waals surface area (Å²) in [6, 6.07) is 13.2. The van der Waals surface area contributed by atoms with Crippen molar-refractivity contribution in [2.45, 2.75) is 25.4 Å². The van der Waals surface area contributed by atoms with Gasteiger partial charge in [-0.15, -0.1) is 0 Å². The molecule has 0 amide bonds. The molecule has 2 heterocycles. The second-order valence-electron chi connectivity index (χ2n) is 6.37. The van der Waals surface area contributed by atoms with Crippen LogP contribution >= 0.6 is 0 Å². The number of benzene rings is 2. The van der Waals surface area contributed by atoms with Gasteiger partial charge < -0.3 is 10.1 Å². The molecule has 0 saturated carbocycles. The number of fused-ring (bicyclic) bond motifs is 1. The number of hydrogen-bond acceptors (Lipinski definition) is 3. The Morgan fingerprint density at radius 1 is 1.25 bits per heavy atom. The van der Waals surface area contributed by atoms with Crippen LogP contribution in [0.2, 0.25) is 0 Å². The molecule has 1 fully saturated rings. The van der Waals surface area contributed by atoms with Crippen molar-refractivity contribution in [1.82, 2.24) is 14.9 Å². The Bertz CT molecular complexity index is 828. The average molecular weight is 325 g/mol. The highest BCUT2D eigenvalue weighted by Gasteiger charge is 2.23. The standard InChI is InChI=1S/C19H20FN3O/c20-16-10-13(11-23-9-3-4-14(23)12-24)7-8-15(16)19-21-17-5-1-2-6-18(17)22-19/h1-2,5-8,10,14,24H,3-4,9,11-12H2,(H,21,22)/t14-/m1/s1. The molecule has 24 heavy (non-hydrogen) atoms. The maximum Gasteiger partial charge on any atom is 0.141 e. The van der Waals surface area contributed by atoms with Crippen LogP contribution in [0, 0.1) is 5.82 Å². The molecule has 1 aromatic heterocycles. The molecule has 1 aliphatic heterocycles. The third kappa shape index (κ3) is 2.81. The van der Waals surface area contributed by atoms with Crippen molar-refractivity contribution in [2.24, 2.45) is 0 Å². The molecular formula is C19H20FN3O. The van der Waals surface area contributed by atoms with Crippen molar-refractivity contribution in [3.8, 4) is 11.4 Å². The van der Waals surface area contributed by atoms with Crippen LogP contribution in [0.5, 0.6) is 0 Å². The number of rotatable bonds is 4. The normalized spacial score (nSPS) is 18.5. The number of imidazole rings is 1. The third-order valence-corrected chi connectivity index (χ3v) is 4.77. The second-order valence-corrected chi connectivity index (χ2v) is 6.37. The molecule has 0 bridgehead atoms. The van der Waals surface area contributed by atoms with Gasteiger partial charge in [-0.25, -0.2) is 9.37 Å². The molecular weight excluding hydrogens is 305 g/mol.